The number of H-pyrrole nitrogens is 1. The van der Waals surface area contributed by atoms with Crippen molar-refractivity contribution in [1.29, 1.82) is 0 Å². The zero-order valence-electron chi connectivity index (χ0n) is 22.0. The summed E-state index contributed by atoms with van der Waals surface area (Å²) in [5, 5.41) is 14.4. The fourth-order valence-electron chi connectivity index (χ4n) is 4.38. The van der Waals surface area contributed by atoms with E-state index in [9.17, 15) is 9.59 Å². The van der Waals surface area contributed by atoms with Gasteiger partial charge in [0.15, 0.2) is 0 Å². The quantitative estimate of drug-likeness (QED) is 0.0840. The number of aromatic amines is 1. The highest BCUT2D eigenvalue weighted by Crippen LogP contribution is 2.32. The van der Waals surface area contributed by atoms with Crippen LogP contribution in [-0.2, 0) is 9.53 Å². The Bertz CT molecular complexity index is 1410. The van der Waals surface area contributed by atoms with E-state index >= 15 is 0 Å². The molecule has 8 N–H and O–H groups in total. The van der Waals surface area contributed by atoms with Crippen LogP contribution >= 0.6 is 11.6 Å². The summed E-state index contributed by atoms with van der Waals surface area (Å²) >= 11 is 6.16. The number of carbonyl (C=O) groups is 2. The van der Waals surface area contributed by atoms with E-state index in [0.717, 1.165) is 37.1 Å². The second kappa shape index (κ2) is 13.5. The van der Waals surface area contributed by atoms with Crippen LogP contribution in [0.25, 0.3) is 17.3 Å². The molecule has 210 valence electrons. The molecule has 0 spiro atoms. The van der Waals surface area contributed by atoms with Crippen LogP contribution in [0.5, 0.6) is 0 Å². The number of aromatic nitrogens is 2. The number of hydrazone groups is 1. The van der Waals surface area contributed by atoms with E-state index in [4.69, 9.17) is 33.0 Å². The average Bonchev–Trinajstić information content (AvgIpc) is 3.43. The number of benzene rings is 2. The summed E-state index contributed by atoms with van der Waals surface area (Å²) in [6.45, 7) is 0.751. The second-order valence-corrected chi connectivity index (χ2v) is 9.53. The predicted octanol–water partition coefficient (Wildman–Crippen LogP) is 4.35. The molecule has 12 nitrogen and oxygen atoms in total. The Kier molecular flexibility index (Phi) is 9.60. The molecule has 1 aliphatic rings. The number of imidazole rings is 1. The molecule has 0 saturated heterocycles. The molecule has 0 aliphatic carbocycles. The summed E-state index contributed by atoms with van der Waals surface area (Å²) in [4.78, 5) is 32.7. The lowest BCUT2D eigenvalue weighted by Crippen LogP contribution is -2.30. The molecule has 4 rings (SSSR count). The average molecular weight is 566 g/mol. The van der Waals surface area contributed by atoms with Crippen molar-refractivity contribution < 1.29 is 14.3 Å². The third-order valence-electron chi connectivity index (χ3n) is 6.33. The number of amides is 2. The lowest BCUT2D eigenvalue weighted by molar-refractivity contribution is -0.117. The molecule has 2 heterocycles. The van der Waals surface area contributed by atoms with E-state index in [-0.39, 0.29) is 11.9 Å². The second-order valence-electron chi connectivity index (χ2n) is 9.09. The zero-order chi connectivity index (χ0) is 28.5. The lowest BCUT2D eigenvalue weighted by atomic mass is 10.1. The van der Waals surface area contributed by atoms with E-state index < -0.39 is 6.09 Å². The number of nitrogens with zero attached hydrogens (tertiary/aromatic N) is 3. The van der Waals surface area contributed by atoms with Gasteiger partial charge in [-0.25, -0.2) is 15.6 Å². The number of carbonyl (C=O) groups excluding carboxylic acids is 2. The van der Waals surface area contributed by atoms with Gasteiger partial charge in [-0.3, -0.25) is 15.1 Å². The topological polar surface area (TPSA) is 176 Å². The summed E-state index contributed by atoms with van der Waals surface area (Å²) in [7, 11) is 1.32. The summed E-state index contributed by atoms with van der Waals surface area (Å²) < 4.78 is 4.70. The third-order valence-corrected chi connectivity index (χ3v) is 6.56. The van der Waals surface area contributed by atoms with Crippen LogP contribution in [0.1, 0.15) is 43.1 Å². The van der Waals surface area contributed by atoms with Gasteiger partial charge in [0, 0.05) is 46.3 Å². The molecule has 0 radical (unpaired) electrons. The van der Waals surface area contributed by atoms with Crippen LogP contribution in [0.3, 0.4) is 0 Å². The maximum absolute atomic E-state index is 13.0. The lowest BCUT2D eigenvalue weighted by Gasteiger charge is -2.18. The molecule has 0 saturated carbocycles. The minimum absolute atomic E-state index is 0.294. The van der Waals surface area contributed by atoms with E-state index in [1.54, 1.807) is 30.3 Å². The third kappa shape index (κ3) is 7.30. The number of anilines is 3. The highest BCUT2D eigenvalue weighted by atomic mass is 35.5. The van der Waals surface area contributed by atoms with Gasteiger partial charge >= 0.3 is 6.09 Å². The first-order valence-electron chi connectivity index (χ1n) is 12.7. The van der Waals surface area contributed by atoms with Gasteiger partial charge < -0.3 is 26.2 Å². The Hall–Kier alpha value is -4.55. The Balaban J connectivity index is 1.55. The summed E-state index contributed by atoms with van der Waals surface area (Å²) in [5.41, 5.74) is 4.21. The fourth-order valence-corrected chi connectivity index (χ4v) is 4.56. The van der Waals surface area contributed by atoms with Crippen molar-refractivity contribution in [3.8, 4) is 11.3 Å². The first-order chi connectivity index (χ1) is 19.4. The van der Waals surface area contributed by atoms with Gasteiger partial charge in [-0.05, 0) is 55.3 Å². The molecule has 0 fully saturated rings. The molecule has 1 aromatic heterocycles. The predicted molar refractivity (Wildman–Crippen MR) is 158 cm³/mol. The first kappa shape index (κ1) is 28.5. The van der Waals surface area contributed by atoms with Gasteiger partial charge in [0.1, 0.15) is 12.2 Å². The molecule has 13 heteroatoms. The zero-order valence-corrected chi connectivity index (χ0v) is 22.7. The van der Waals surface area contributed by atoms with E-state index in [1.807, 2.05) is 18.3 Å². The standard InChI is InChI=1S/C27H32ClN9O3/c1-40-27(39)34-19-8-9-20-22(14-19)31-12-4-2-3-5-21(26-32-15-23(20)36-26)35-25(38)11-6-17-13-18(28)7-10-24(17)37(30)16-33-29/h6-11,13-16,21,31H,2-5,12,29-30H2,1H3,(H,32,36)(H,34,39)(H,35,38)/b11-6+,33-16-/t21-/m0/s1. The molecule has 0 unspecified atom stereocenters. The maximum atomic E-state index is 13.0. The molecule has 3 aromatic rings. The van der Waals surface area contributed by atoms with Crippen LogP contribution in [0.15, 0.2) is 53.8 Å². The van der Waals surface area contributed by atoms with Gasteiger partial charge in [-0.15, -0.1) is 0 Å². The van der Waals surface area contributed by atoms with Crippen molar-refractivity contribution in [2.45, 2.75) is 31.7 Å². The summed E-state index contributed by atoms with van der Waals surface area (Å²) in [5.74, 6) is 11.5. The number of hydrazine groups is 1. The van der Waals surface area contributed by atoms with Gasteiger partial charge in [-0.1, -0.05) is 24.4 Å². The number of fused-ring (bicyclic) bond motifs is 4. The minimum atomic E-state index is -0.542. The highest BCUT2D eigenvalue weighted by molar-refractivity contribution is 6.30. The largest absolute Gasteiger partial charge is 0.453 e. The number of ether oxygens (including phenoxy) is 1. The van der Waals surface area contributed by atoms with Crippen molar-refractivity contribution in [1.82, 2.24) is 15.3 Å². The van der Waals surface area contributed by atoms with E-state index in [2.05, 4.69) is 26.0 Å². The molecule has 1 aliphatic heterocycles. The Morgan fingerprint density at radius 1 is 1.23 bits per heavy atom. The van der Waals surface area contributed by atoms with Crippen molar-refractivity contribution in [3.05, 3.63) is 65.1 Å². The molecule has 40 heavy (non-hydrogen) atoms. The number of nitrogens with one attached hydrogen (secondary N) is 4. The van der Waals surface area contributed by atoms with Crippen LogP contribution in [0, 0.1) is 0 Å². The van der Waals surface area contributed by atoms with Gasteiger partial charge in [0.2, 0.25) is 5.91 Å². The van der Waals surface area contributed by atoms with Crippen LogP contribution in [-0.4, -0.2) is 42.0 Å². The summed E-state index contributed by atoms with van der Waals surface area (Å²) in [6.07, 6.45) is 9.08. The van der Waals surface area contributed by atoms with E-state index in [0.29, 0.717) is 39.9 Å². The van der Waals surface area contributed by atoms with Gasteiger partial charge in [0.05, 0.1) is 24.5 Å². The summed E-state index contributed by atoms with van der Waals surface area (Å²) in [6, 6.07) is 10.3. The molecule has 2 bridgehead atoms. The normalized spacial score (nSPS) is 15.4. The number of halogens is 1. The first-order valence-corrected chi connectivity index (χ1v) is 13.1. The number of hydrogen-bond acceptors (Lipinski definition) is 8. The minimum Gasteiger partial charge on any atom is -0.453 e. The van der Waals surface area contributed by atoms with Crippen LogP contribution < -0.4 is 32.6 Å². The van der Waals surface area contributed by atoms with Gasteiger partial charge in [0.25, 0.3) is 0 Å². The Labute approximate surface area is 236 Å². The van der Waals surface area contributed by atoms with E-state index in [1.165, 1.54) is 24.5 Å². The highest BCUT2D eigenvalue weighted by Gasteiger charge is 2.20. The maximum Gasteiger partial charge on any atom is 0.411 e. The van der Waals surface area contributed by atoms with Crippen molar-refractivity contribution in [2.75, 3.05) is 29.3 Å². The molecular weight excluding hydrogens is 534 g/mol. The number of methoxy groups -OCH3 is 1. The molecule has 2 amide bonds. The van der Waals surface area contributed by atoms with Crippen LogP contribution in [0.4, 0.5) is 21.9 Å². The number of rotatable bonds is 6. The van der Waals surface area contributed by atoms with Crippen LogP contribution in [0.2, 0.25) is 5.02 Å². The molecule has 1 atom stereocenters. The van der Waals surface area contributed by atoms with Gasteiger partial charge in [-0.2, -0.15) is 5.10 Å². The smallest absolute Gasteiger partial charge is 0.411 e. The number of nitrogens with two attached hydrogens (primary N) is 2. The monoisotopic (exact) mass is 565 g/mol. The molecule has 2 aromatic carbocycles. The van der Waals surface area contributed by atoms with Crippen molar-refractivity contribution >= 4 is 53.1 Å². The number of hydrogen-bond donors (Lipinski definition) is 6. The fraction of sp³-hybridized carbons (Fsp3) is 0.259. The van der Waals surface area contributed by atoms with Crippen molar-refractivity contribution in [2.24, 2.45) is 16.8 Å². The molecular formula is C27H32ClN9O3. The Morgan fingerprint density at radius 3 is 2.88 bits per heavy atom. The SMILES string of the molecule is COC(=O)Nc1ccc2c(c1)NCCCCC[C@H](NC(=O)/C=C/c1cc(Cl)ccc1N(N)/C=N\N)c1nc-2c[nH]1. The Morgan fingerprint density at radius 2 is 2.08 bits per heavy atom. The van der Waals surface area contributed by atoms with Crippen molar-refractivity contribution in [3.63, 3.8) is 0 Å².